The molecule has 3 aromatic rings. The van der Waals surface area contributed by atoms with Gasteiger partial charge in [-0.3, -0.25) is 4.79 Å². The van der Waals surface area contributed by atoms with Gasteiger partial charge in [-0.25, -0.2) is 4.79 Å². The fourth-order valence-electron chi connectivity index (χ4n) is 3.70. The van der Waals surface area contributed by atoms with E-state index in [1.54, 1.807) is 30.3 Å². The summed E-state index contributed by atoms with van der Waals surface area (Å²) in [4.78, 5) is 22.9. The van der Waals surface area contributed by atoms with Crippen molar-refractivity contribution in [1.29, 1.82) is 0 Å². The number of rotatable bonds is 12. The molecular weight excluding hydrogens is 447 g/mol. The number of hydrogen-bond donors (Lipinski definition) is 2. The molecule has 0 saturated carbocycles. The summed E-state index contributed by atoms with van der Waals surface area (Å²) >= 11 is 0. The van der Waals surface area contributed by atoms with Gasteiger partial charge in [0, 0.05) is 52.5 Å². The SMILES string of the molecule is C=CCc1c(OCCCOc2ccc(C(C)=O)c(O)c2CCC)ccc2oc(C(=O)O)cc12.[Na]. The first-order valence-electron chi connectivity index (χ1n) is 10.9. The van der Waals surface area contributed by atoms with E-state index in [-0.39, 0.29) is 46.9 Å². The Bertz CT molecular complexity index is 1180. The van der Waals surface area contributed by atoms with Crippen LogP contribution in [0.1, 0.15) is 58.7 Å². The Morgan fingerprint density at radius 1 is 1.09 bits per heavy atom. The zero-order chi connectivity index (χ0) is 24.0. The molecule has 0 fully saturated rings. The summed E-state index contributed by atoms with van der Waals surface area (Å²) in [6.07, 6.45) is 4.22. The number of benzene rings is 2. The quantitative estimate of drug-likeness (QED) is 0.161. The monoisotopic (exact) mass is 475 g/mol. The van der Waals surface area contributed by atoms with Crippen LogP contribution >= 0.6 is 0 Å². The predicted octanol–water partition coefficient (Wildman–Crippen LogP) is 5.19. The molecule has 0 bridgehead atoms. The number of ether oxygens (including phenoxy) is 2. The standard InChI is InChI=1S/C26H28O7.Na/c1-4-7-18-20-15-24(26(29)30)33-23(20)12-11-21(18)31-13-6-14-32-22-10-9-17(16(3)27)25(28)19(22)8-5-2;/h4,9-12,15,28H,1,5-8,13-14H2,2-3H3,(H,29,30);. The molecule has 1 aromatic heterocycles. The van der Waals surface area contributed by atoms with E-state index < -0.39 is 5.97 Å². The number of furan rings is 1. The number of Topliss-reactive ketones (excluding diaryl/α,β-unsaturated/α-hetero) is 1. The number of carbonyl (C=O) groups is 2. The zero-order valence-corrected chi connectivity index (χ0v) is 21.8. The first-order chi connectivity index (χ1) is 15.9. The maximum Gasteiger partial charge on any atom is 0.371 e. The van der Waals surface area contributed by atoms with E-state index in [1.165, 1.54) is 13.0 Å². The minimum absolute atomic E-state index is 0. The van der Waals surface area contributed by atoms with Crippen molar-refractivity contribution in [3.05, 3.63) is 65.4 Å². The number of fused-ring (bicyclic) bond motifs is 1. The molecule has 0 spiro atoms. The fourth-order valence-corrected chi connectivity index (χ4v) is 3.70. The van der Waals surface area contributed by atoms with Crippen molar-refractivity contribution in [2.45, 2.75) is 39.5 Å². The Hall–Kier alpha value is -2.74. The van der Waals surface area contributed by atoms with E-state index in [1.807, 2.05) is 6.92 Å². The summed E-state index contributed by atoms with van der Waals surface area (Å²) in [6.45, 7) is 7.93. The Morgan fingerprint density at radius 3 is 2.32 bits per heavy atom. The second kappa shape index (κ2) is 12.6. The van der Waals surface area contributed by atoms with Gasteiger partial charge >= 0.3 is 5.97 Å². The van der Waals surface area contributed by atoms with Gasteiger partial charge in [-0.1, -0.05) is 19.4 Å². The van der Waals surface area contributed by atoms with Gasteiger partial charge < -0.3 is 24.1 Å². The number of phenolic OH excluding ortho intramolecular Hbond substituents is 1. The van der Waals surface area contributed by atoms with Crippen molar-refractivity contribution in [1.82, 2.24) is 0 Å². The summed E-state index contributed by atoms with van der Waals surface area (Å²) in [5.41, 5.74) is 2.23. The molecule has 1 radical (unpaired) electrons. The van der Waals surface area contributed by atoms with Crippen LogP contribution in [-0.2, 0) is 12.8 Å². The summed E-state index contributed by atoms with van der Waals surface area (Å²) in [7, 11) is 0. The van der Waals surface area contributed by atoms with Gasteiger partial charge in [0.15, 0.2) is 5.78 Å². The van der Waals surface area contributed by atoms with Gasteiger partial charge in [-0.2, -0.15) is 0 Å². The first kappa shape index (κ1) is 27.5. The Kier molecular flexibility index (Phi) is 10.2. The zero-order valence-electron chi connectivity index (χ0n) is 19.8. The van der Waals surface area contributed by atoms with Gasteiger partial charge in [0.05, 0.1) is 18.8 Å². The van der Waals surface area contributed by atoms with Crippen LogP contribution in [0.2, 0.25) is 0 Å². The summed E-state index contributed by atoms with van der Waals surface area (Å²) < 4.78 is 17.2. The van der Waals surface area contributed by atoms with Crippen LogP contribution in [-0.4, -0.2) is 64.7 Å². The number of carboxylic acid groups (broad SMARTS) is 1. The molecule has 2 aromatic carbocycles. The van der Waals surface area contributed by atoms with Gasteiger partial charge in [0.25, 0.3) is 0 Å². The van der Waals surface area contributed by atoms with E-state index in [2.05, 4.69) is 6.58 Å². The molecular formula is C26H28NaO7. The summed E-state index contributed by atoms with van der Waals surface area (Å²) in [6, 6.07) is 8.25. The van der Waals surface area contributed by atoms with E-state index in [4.69, 9.17) is 13.9 Å². The molecule has 1 heterocycles. The second-order valence-corrected chi connectivity index (χ2v) is 7.66. The molecule has 0 amide bonds. The predicted molar refractivity (Wildman–Crippen MR) is 131 cm³/mol. The minimum Gasteiger partial charge on any atom is -0.507 e. The van der Waals surface area contributed by atoms with Gasteiger partial charge in [-0.15, -0.1) is 6.58 Å². The fraction of sp³-hybridized carbons (Fsp3) is 0.308. The molecule has 175 valence electrons. The molecule has 0 unspecified atom stereocenters. The number of ketones is 1. The molecule has 0 aliphatic carbocycles. The molecule has 3 rings (SSSR count). The van der Waals surface area contributed by atoms with Crippen molar-refractivity contribution >= 4 is 52.3 Å². The molecule has 0 saturated heterocycles. The number of carboxylic acids is 1. The topological polar surface area (TPSA) is 106 Å². The Morgan fingerprint density at radius 2 is 1.74 bits per heavy atom. The maximum absolute atomic E-state index is 11.7. The van der Waals surface area contributed by atoms with E-state index in [0.717, 1.165) is 12.0 Å². The molecule has 34 heavy (non-hydrogen) atoms. The van der Waals surface area contributed by atoms with Crippen molar-refractivity contribution < 1.29 is 33.7 Å². The third kappa shape index (κ3) is 6.23. The summed E-state index contributed by atoms with van der Waals surface area (Å²) in [5.74, 6) is -0.252. The smallest absolute Gasteiger partial charge is 0.371 e. The van der Waals surface area contributed by atoms with E-state index in [0.29, 0.717) is 66.1 Å². The number of aromatic carboxylic acids is 1. The molecule has 0 aliphatic heterocycles. The van der Waals surface area contributed by atoms with E-state index >= 15 is 0 Å². The third-order valence-electron chi connectivity index (χ3n) is 5.25. The van der Waals surface area contributed by atoms with E-state index in [9.17, 15) is 19.8 Å². The first-order valence-corrected chi connectivity index (χ1v) is 10.9. The van der Waals surface area contributed by atoms with Crippen LogP contribution in [0.25, 0.3) is 11.0 Å². The molecule has 0 atom stereocenters. The number of allylic oxidation sites excluding steroid dienone is 1. The second-order valence-electron chi connectivity index (χ2n) is 7.66. The Labute approximate surface area is 220 Å². The molecule has 0 aliphatic rings. The maximum atomic E-state index is 11.7. The molecule has 8 heteroatoms. The number of carbonyl (C=O) groups excluding carboxylic acids is 1. The largest absolute Gasteiger partial charge is 0.507 e. The van der Waals surface area contributed by atoms with Gasteiger partial charge in [0.2, 0.25) is 5.76 Å². The van der Waals surface area contributed by atoms with Gasteiger partial charge in [0.1, 0.15) is 22.8 Å². The van der Waals surface area contributed by atoms with Crippen molar-refractivity contribution in [2.75, 3.05) is 13.2 Å². The van der Waals surface area contributed by atoms with Gasteiger partial charge in [-0.05, 0) is 50.1 Å². The van der Waals surface area contributed by atoms with Crippen LogP contribution < -0.4 is 9.47 Å². The average molecular weight is 475 g/mol. The molecule has 2 N–H and O–H groups in total. The van der Waals surface area contributed by atoms with Crippen LogP contribution in [0.3, 0.4) is 0 Å². The van der Waals surface area contributed by atoms with Crippen LogP contribution in [0, 0.1) is 0 Å². The van der Waals surface area contributed by atoms with Crippen LogP contribution in [0.5, 0.6) is 17.2 Å². The number of hydrogen-bond acceptors (Lipinski definition) is 6. The van der Waals surface area contributed by atoms with Crippen molar-refractivity contribution in [2.24, 2.45) is 0 Å². The van der Waals surface area contributed by atoms with Crippen molar-refractivity contribution in [3.8, 4) is 17.2 Å². The summed E-state index contributed by atoms with van der Waals surface area (Å²) in [5, 5.41) is 20.3. The third-order valence-corrected chi connectivity index (χ3v) is 5.25. The van der Waals surface area contributed by atoms with Crippen LogP contribution in [0.15, 0.2) is 47.4 Å². The normalized spacial score (nSPS) is 10.5. The van der Waals surface area contributed by atoms with Crippen molar-refractivity contribution in [3.63, 3.8) is 0 Å². The minimum atomic E-state index is -1.12. The van der Waals surface area contributed by atoms with Crippen LogP contribution in [0.4, 0.5) is 0 Å². The number of aromatic hydroxyl groups is 1. The average Bonchev–Trinajstić information content (AvgIpc) is 3.22. The Balaban J connectivity index is 0.00000408. The number of phenols is 1. The molecule has 7 nitrogen and oxygen atoms in total.